The third kappa shape index (κ3) is 3.50. The molecule has 0 aliphatic heterocycles. The van der Waals surface area contributed by atoms with Crippen molar-refractivity contribution in [3.63, 3.8) is 0 Å². The molecule has 0 bridgehead atoms. The summed E-state index contributed by atoms with van der Waals surface area (Å²) >= 11 is 5.92. The Morgan fingerprint density at radius 3 is 2.45 bits per heavy atom. The number of carboxylic acids is 1. The van der Waals surface area contributed by atoms with Crippen molar-refractivity contribution in [1.82, 2.24) is 4.72 Å². The van der Waals surface area contributed by atoms with Gasteiger partial charge in [-0.05, 0) is 38.5 Å². The van der Waals surface area contributed by atoms with Crippen LogP contribution in [-0.2, 0) is 14.8 Å². The fourth-order valence-electron chi connectivity index (χ4n) is 1.68. The van der Waals surface area contributed by atoms with E-state index in [0.29, 0.717) is 10.6 Å². The zero-order valence-corrected chi connectivity index (χ0v) is 13.3. The van der Waals surface area contributed by atoms with Gasteiger partial charge in [0.25, 0.3) is 0 Å². The first kappa shape index (κ1) is 16.9. The number of aliphatic carboxylic acids is 1. The van der Waals surface area contributed by atoms with Crippen LogP contribution < -0.4 is 4.72 Å². The van der Waals surface area contributed by atoms with E-state index in [2.05, 4.69) is 4.72 Å². The van der Waals surface area contributed by atoms with Crippen LogP contribution in [0.5, 0.6) is 0 Å². The number of benzene rings is 1. The van der Waals surface area contributed by atoms with Crippen LogP contribution in [-0.4, -0.2) is 25.0 Å². The molecule has 0 heterocycles. The van der Waals surface area contributed by atoms with Crippen molar-refractivity contribution in [2.75, 3.05) is 0 Å². The van der Waals surface area contributed by atoms with E-state index < -0.39 is 27.4 Å². The molecule has 1 aromatic rings. The smallest absolute Gasteiger partial charge is 0.308 e. The number of sulfonamides is 1. The number of hydrogen-bond acceptors (Lipinski definition) is 3. The van der Waals surface area contributed by atoms with Crippen LogP contribution in [0.3, 0.4) is 0 Å². The van der Waals surface area contributed by atoms with Crippen LogP contribution in [0.15, 0.2) is 23.1 Å². The maximum Gasteiger partial charge on any atom is 0.308 e. The van der Waals surface area contributed by atoms with Gasteiger partial charge >= 0.3 is 5.97 Å². The van der Waals surface area contributed by atoms with Gasteiger partial charge in [-0.1, -0.05) is 24.6 Å². The second kappa shape index (κ2) is 5.71. The molecule has 7 heteroatoms. The highest BCUT2D eigenvalue weighted by Gasteiger charge is 2.36. The van der Waals surface area contributed by atoms with Gasteiger partial charge in [-0.2, -0.15) is 0 Å². The summed E-state index contributed by atoms with van der Waals surface area (Å²) in [6.07, 6.45) is 0. The monoisotopic (exact) mass is 319 g/mol. The molecule has 0 aliphatic rings. The van der Waals surface area contributed by atoms with Gasteiger partial charge in [0.15, 0.2) is 0 Å². The van der Waals surface area contributed by atoms with Gasteiger partial charge < -0.3 is 5.11 Å². The first-order chi connectivity index (χ1) is 8.99. The standard InChI is InChI=1S/C13H18ClNO4S/c1-8-10(14)6-5-7-11(8)20(18,19)15-13(3,4)9(2)12(16)17/h5-7,9,15H,1-4H3,(H,16,17). The summed E-state index contributed by atoms with van der Waals surface area (Å²) < 4.78 is 27.2. The largest absolute Gasteiger partial charge is 0.481 e. The highest BCUT2D eigenvalue weighted by Crippen LogP contribution is 2.25. The van der Waals surface area contributed by atoms with Crippen molar-refractivity contribution in [2.45, 2.75) is 38.1 Å². The van der Waals surface area contributed by atoms with E-state index in [4.69, 9.17) is 16.7 Å². The number of carbonyl (C=O) groups is 1. The molecule has 0 spiro atoms. The number of rotatable bonds is 5. The Hall–Kier alpha value is -1.11. The first-order valence-corrected chi connectivity index (χ1v) is 7.87. The summed E-state index contributed by atoms with van der Waals surface area (Å²) in [6.45, 7) is 6.12. The van der Waals surface area contributed by atoms with E-state index in [9.17, 15) is 13.2 Å². The minimum atomic E-state index is -3.85. The highest BCUT2D eigenvalue weighted by molar-refractivity contribution is 7.89. The molecule has 112 valence electrons. The van der Waals surface area contributed by atoms with Crippen LogP contribution >= 0.6 is 11.6 Å². The fourth-order valence-corrected chi connectivity index (χ4v) is 3.66. The van der Waals surface area contributed by atoms with Gasteiger partial charge in [-0.25, -0.2) is 13.1 Å². The molecule has 1 aromatic carbocycles. The molecule has 0 saturated carbocycles. The van der Waals surface area contributed by atoms with Gasteiger partial charge in [0, 0.05) is 10.6 Å². The molecule has 5 nitrogen and oxygen atoms in total. The van der Waals surface area contributed by atoms with E-state index in [0.717, 1.165) is 0 Å². The van der Waals surface area contributed by atoms with Crippen molar-refractivity contribution in [2.24, 2.45) is 5.92 Å². The van der Waals surface area contributed by atoms with E-state index in [1.807, 2.05) is 0 Å². The summed E-state index contributed by atoms with van der Waals surface area (Å²) in [4.78, 5) is 11.1. The summed E-state index contributed by atoms with van der Waals surface area (Å²) in [6, 6.07) is 4.57. The van der Waals surface area contributed by atoms with Crippen molar-refractivity contribution >= 4 is 27.6 Å². The molecule has 1 atom stereocenters. The van der Waals surface area contributed by atoms with Crippen molar-refractivity contribution in [3.05, 3.63) is 28.8 Å². The number of hydrogen-bond donors (Lipinski definition) is 2. The van der Waals surface area contributed by atoms with E-state index in [-0.39, 0.29) is 4.90 Å². The van der Waals surface area contributed by atoms with Crippen LogP contribution in [0.1, 0.15) is 26.3 Å². The molecule has 0 saturated heterocycles. The van der Waals surface area contributed by atoms with E-state index >= 15 is 0 Å². The molecule has 2 N–H and O–H groups in total. The molecule has 0 aromatic heterocycles. The molecule has 0 radical (unpaired) electrons. The van der Waals surface area contributed by atoms with Gasteiger partial charge in [-0.3, -0.25) is 4.79 Å². The van der Waals surface area contributed by atoms with E-state index in [1.54, 1.807) is 13.0 Å². The zero-order chi connectivity index (χ0) is 15.7. The molecule has 1 unspecified atom stereocenters. The Morgan fingerprint density at radius 1 is 1.40 bits per heavy atom. The third-order valence-corrected chi connectivity index (χ3v) is 5.58. The predicted octanol–water partition coefficient (Wildman–Crippen LogP) is 2.43. The average molecular weight is 320 g/mol. The quantitative estimate of drug-likeness (QED) is 0.873. The van der Waals surface area contributed by atoms with Crippen LogP contribution in [0.4, 0.5) is 0 Å². The van der Waals surface area contributed by atoms with Crippen LogP contribution in [0.25, 0.3) is 0 Å². The molecule has 1 rings (SSSR count). The Balaban J connectivity index is 3.19. The maximum absolute atomic E-state index is 12.4. The molecule has 0 aliphatic carbocycles. The van der Waals surface area contributed by atoms with E-state index in [1.165, 1.54) is 32.9 Å². The molecule has 0 fully saturated rings. The second-order valence-electron chi connectivity index (χ2n) is 5.25. The molecule has 20 heavy (non-hydrogen) atoms. The zero-order valence-electron chi connectivity index (χ0n) is 11.8. The van der Waals surface area contributed by atoms with Crippen LogP contribution in [0.2, 0.25) is 5.02 Å². The summed E-state index contributed by atoms with van der Waals surface area (Å²) in [5, 5.41) is 9.37. The van der Waals surface area contributed by atoms with Gasteiger partial charge in [0.2, 0.25) is 10.0 Å². The predicted molar refractivity (Wildman–Crippen MR) is 77.4 cm³/mol. The average Bonchev–Trinajstić information content (AvgIpc) is 2.29. The van der Waals surface area contributed by atoms with Crippen molar-refractivity contribution in [3.8, 4) is 0 Å². The molecule has 0 amide bonds. The number of carboxylic acid groups (broad SMARTS) is 1. The van der Waals surface area contributed by atoms with Crippen molar-refractivity contribution < 1.29 is 18.3 Å². The van der Waals surface area contributed by atoms with Crippen LogP contribution in [0, 0.1) is 12.8 Å². The fraction of sp³-hybridized carbons (Fsp3) is 0.462. The summed E-state index contributed by atoms with van der Waals surface area (Å²) in [7, 11) is -3.85. The third-order valence-electron chi connectivity index (χ3n) is 3.36. The van der Waals surface area contributed by atoms with Gasteiger partial charge in [-0.15, -0.1) is 0 Å². The minimum absolute atomic E-state index is 0.0515. The lowest BCUT2D eigenvalue weighted by Gasteiger charge is -2.30. The molecular weight excluding hydrogens is 302 g/mol. The summed E-state index contributed by atoms with van der Waals surface area (Å²) in [5.74, 6) is -1.95. The maximum atomic E-state index is 12.4. The summed E-state index contributed by atoms with van der Waals surface area (Å²) in [5.41, 5.74) is -0.695. The minimum Gasteiger partial charge on any atom is -0.481 e. The van der Waals surface area contributed by atoms with Gasteiger partial charge in [0.1, 0.15) is 0 Å². The lowest BCUT2D eigenvalue weighted by molar-refractivity contribution is -0.143. The lowest BCUT2D eigenvalue weighted by atomic mass is 9.90. The lowest BCUT2D eigenvalue weighted by Crippen LogP contribution is -2.50. The Labute approximate surface area is 124 Å². The first-order valence-electron chi connectivity index (χ1n) is 6.01. The number of nitrogens with one attached hydrogen (secondary N) is 1. The SMILES string of the molecule is Cc1c(Cl)cccc1S(=O)(=O)NC(C)(C)C(C)C(=O)O. The van der Waals surface area contributed by atoms with Crippen molar-refractivity contribution in [1.29, 1.82) is 0 Å². The number of halogens is 1. The topological polar surface area (TPSA) is 83.5 Å². The Morgan fingerprint density at radius 2 is 1.95 bits per heavy atom. The Bertz CT molecular complexity index is 625. The molecular formula is C13H18ClNO4S. The second-order valence-corrected chi connectivity index (χ2v) is 7.31. The normalized spacial score (nSPS) is 14.1. The van der Waals surface area contributed by atoms with Gasteiger partial charge in [0.05, 0.1) is 10.8 Å². The highest BCUT2D eigenvalue weighted by atomic mass is 35.5. The Kier molecular flexibility index (Phi) is 4.84.